The number of nitrogens with zero attached hydrogens (tertiary/aromatic N) is 1. The molecule has 1 amide bonds. The van der Waals surface area contributed by atoms with Crippen molar-refractivity contribution in [2.45, 2.75) is 6.61 Å². The molecule has 1 heterocycles. The SMILES string of the molecule is O=C1/C(=C\c2cc(Cl)c(OCc3ccccc3F)c(Br)c2)SC(=S)N1c1ccccc1. The number of ether oxygens (including phenoxy) is 1. The Hall–Kier alpha value is -2.19. The molecule has 0 N–H and O–H groups in total. The average molecular weight is 535 g/mol. The Labute approximate surface area is 202 Å². The van der Waals surface area contributed by atoms with E-state index >= 15 is 0 Å². The van der Waals surface area contributed by atoms with Crippen LogP contribution in [0.2, 0.25) is 5.02 Å². The molecule has 1 aliphatic rings. The Bertz CT molecular complexity index is 1180. The number of carbonyl (C=O) groups is 1. The van der Waals surface area contributed by atoms with Crippen LogP contribution in [0.5, 0.6) is 5.75 Å². The molecule has 0 aliphatic carbocycles. The Morgan fingerprint density at radius 1 is 1.13 bits per heavy atom. The Morgan fingerprint density at radius 3 is 2.55 bits per heavy atom. The number of para-hydroxylation sites is 1. The highest BCUT2D eigenvalue weighted by Crippen LogP contribution is 2.39. The molecule has 1 fully saturated rings. The lowest BCUT2D eigenvalue weighted by Gasteiger charge is -2.14. The highest BCUT2D eigenvalue weighted by molar-refractivity contribution is 9.10. The first-order valence-corrected chi connectivity index (χ1v) is 11.5. The van der Waals surface area contributed by atoms with Crippen LogP contribution in [0.3, 0.4) is 0 Å². The van der Waals surface area contributed by atoms with Gasteiger partial charge in [0.25, 0.3) is 5.91 Å². The molecule has 0 aromatic heterocycles. The number of thiocarbonyl (C=S) groups is 1. The molecule has 0 saturated carbocycles. The van der Waals surface area contributed by atoms with Crippen molar-refractivity contribution in [2.75, 3.05) is 4.90 Å². The van der Waals surface area contributed by atoms with Crippen LogP contribution in [0.1, 0.15) is 11.1 Å². The Balaban J connectivity index is 1.56. The average Bonchev–Trinajstić information content (AvgIpc) is 3.02. The number of hydrogen-bond donors (Lipinski definition) is 0. The van der Waals surface area contributed by atoms with E-state index in [0.717, 1.165) is 5.69 Å². The molecular formula is C23H14BrClFNO2S2. The van der Waals surface area contributed by atoms with E-state index in [9.17, 15) is 9.18 Å². The minimum atomic E-state index is -0.341. The molecule has 4 rings (SSSR count). The van der Waals surface area contributed by atoms with Gasteiger partial charge in [0.2, 0.25) is 0 Å². The zero-order valence-electron chi connectivity index (χ0n) is 15.8. The predicted octanol–water partition coefficient (Wildman–Crippen LogP) is 7.23. The largest absolute Gasteiger partial charge is 0.486 e. The minimum Gasteiger partial charge on any atom is -0.486 e. The summed E-state index contributed by atoms with van der Waals surface area (Å²) in [6.45, 7) is 0.0417. The Kier molecular flexibility index (Phi) is 6.77. The smallest absolute Gasteiger partial charge is 0.270 e. The maximum Gasteiger partial charge on any atom is 0.270 e. The van der Waals surface area contributed by atoms with Crippen molar-refractivity contribution in [3.63, 3.8) is 0 Å². The van der Waals surface area contributed by atoms with E-state index in [0.29, 0.717) is 35.6 Å². The van der Waals surface area contributed by atoms with Crippen molar-refractivity contribution in [1.82, 2.24) is 0 Å². The van der Waals surface area contributed by atoms with Crippen molar-refractivity contribution in [3.8, 4) is 5.75 Å². The topological polar surface area (TPSA) is 29.5 Å². The summed E-state index contributed by atoms with van der Waals surface area (Å²) in [5, 5.41) is 0.343. The molecular weight excluding hydrogens is 521 g/mol. The van der Waals surface area contributed by atoms with Crippen LogP contribution >= 0.6 is 51.5 Å². The number of benzene rings is 3. The lowest BCUT2D eigenvalue weighted by molar-refractivity contribution is -0.113. The number of halogens is 3. The third-order valence-corrected chi connectivity index (χ3v) is 6.63. The minimum absolute atomic E-state index is 0.0417. The standard InChI is InChI=1S/C23H14BrClFNO2S2/c24-17-10-14(11-18(25)21(17)29-13-15-6-4-5-9-19(15)26)12-20-22(28)27(23(30)31-20)16-7-2-1-3-8-16/h1-12H,13H2/b20-12+. The molecule has 3 aromatic carbocycles. The van der Waals surface area contributed by atoms with Gasteiger partial charge in [0.1, 0.15) is 12.4 Å². The molecule has 156 valence electrons. The second kappa shape index (κ2) is 9.53. The number of hydrogen-bond acceptors (Lipinski definition) is 4. The van der Waals surface area contributed by atoms with Crippen LogP contribution in [0.25, 0.3) is 6.08 Å². The third kappa shape index (κ3) is 4.85. The van der Waals surface area contributed by atoms with Crippen molar-refractivity contribution in [1.29, 1.82) is 0 Å². The van der Waals surface area contributed by atoms with Gasteiger partial charge in [-0.15, -0.1) is 0 Å². The monoisotopic (exact) mass is 533 g/mol. The number of rotatable bonds is 5. The first-order valence-electron chi connectivity index (χ1n) is 9.12. The van der Waals surface area contributed by atoms with Gasteiger partial charge in [0.05, 0.1) is 20.1 Å². The van der Waals surface area contributed by atoms with E-state index in [4.69, 9.17) is 28.6 Å². The van der Waals surface area contributed by atoms with E-state index in [1.54, 1.807) is 36.4 Å². The number of amides is 1. The normalized spacial score (nSPS) is 15.1. The Morgan fingerprint density at radius 2 is 1.84 bits per heavy atom. The summed E-state index contributed by atoms with van der Waals surface area (Å²) in [6.07, 6.45) is 1.74. The van der Waals surface area contributed by atoms with Gasteiger partial charge < -0.3 is 4.74 Å². The fraction of sp³-hybridized carbons (Fsp3) is 0.0435. The van der Waals surface area contributed by atoms with Gasteiger partial charge in [0, 0.05) is 5.56 Å². The molecule has 1 aliphatic heterocycles. The molecule has 1 saturated heterocycles. The number of anilines is 1. The van der Waals surface area contributed by atoms with Crippen molar-refractivity contribution >= 4 is 73.5 Å². The lowest BCUT2D eigenvalue weighted by atomic mass is 10.2. The van der Waals surface area contributed by atoms with Gasteiger partial charge in [-0.3, -0.25) is 9.69 Å². The molecule has 31 heavy (non-hydrogen) atoms. The molecule has 0 atom stereocenters. The summed E-state index contributed by atoms with van der Waals surface area (Å²) in [6, 6.07) is 19.1. The van der Waals surface area contributed by atoms with Crippen LogP contribution in [0.4, 0.5) is 10.1 Å². The molecule has 0 bridgehead atoms. The van der Waals surface area contributed by atoms with E-state index < -0.39 is 0 Å². The molecule has 8 heteroatoms. The van der Waals surface area contributed by atoms with Crippen LogP contribution < -0.4 is 9.64 Å². The summed E-state index contributed by atoms with van der Waals surface area (Å²) in [5.41, 5.74) is 1.87. The second-order valence-electron chi connectivity index (χ2n) is 6.55. The molecule has 0 radical (unpaired) electrons. The van der Waals surface area contributed by atoms with Crippen LogP contribution in [0, 0.1) is 5.82 Å². The van der Waals surface area contributed by atoms with Crippen LogP contribution in [0.15, 0.2) is 76.1 Å². The van der Waals surface area contributed by atoms with E-state index in [2.05, 4.69) is 15.9 Å². The fourth-order valence-corrected chi connectivity index (χ4v) is 5.27. The van der Waals surface area contributed by atoms with Crippen molar-refractivity contribution in [2.24, 2.45) is 0 Å². The highest BCUT2D eigenvalue weighted by Gasteiger charge is 2.33. The molecule has 0 spiro atoms. The number of carbonyl (C=O) groups excluding carboxylic acids is 1. The highest BCUT2D eigenvalue weighted by atomic mass is 79.9. The van der Waals surface area contributed by atoms with E-state index in [-0.39, 0.29) is 18.3 Å². The molecule has 3 aromatic rings. The van der Waals surface area contributed by atoms with E-state index in [1.807, 2.05) is 30.3 Å². The van der Waals surface area contributed by atoms with Gasteiger partial charge in [-0.25, -0.2) is 4.39 Å². The van der Waals surface area contributed by atoms with Gasteiger partial charge in [-0.05, 0) is 57.9 Å². The predicted molar refractivity (Wildman–Crippen MR) is 132 cm³/mol. The zero-order valence-corrected chi connectivity index (χ0v) is 19.8. The van der Waals surface area contributed by atoms with Gasteiger partial charge in [-0.2, -0.15) is 0 Å². The fourth-order valence-electron chi connectivity index (χ4n) is 2.98. The maximum absolute atomic E-state index is 13.8. The quantitative estimate of drug-likeness (QED) is 0.255. The van der Waals surface area contributed by atoms with Crippen molar-refractivity contribution < 1.29 is 13.9 Å². The van der Waals surface area contributed by atoms with Crippen molar-refractivity contribution in [3.05, 3.63) is 98.1 Å². The summed E-state index contributed by atoms with van der Waals surface area (Å²) in [5.74, 6) is -0.126. The van der Waals surface area contributed by atoms with Gasteiger partial charge in [-0.1, -0.05) is 72.0 Å². The summed E-state index contributed by atoms with van der Waals surface area (Å²) in [4.78, 5) is 14.9. The lowest BCUT2D eigenvalue weighted by Crippen LogP contribution is -2.27. The van der Waals surface area contributed by atoms with Gasteiger partial charge >= 0.3 is 0 Å². The van der Waals surface area contributed by atoms with E-state index in [1.165, 1.54) is 22.7 Å². The summed E-state index contributed by atoms with van der Waals surface area (Å²) in [7, 11) is 0. The van der Waals surface area contributed by atoms with Crippen LogP contribution in [-0.2, 0) is 11.4 Å². The summed E-state index contributed by atoms with van der Waals surface area (Å²) >= 11 is 16.5. The van der Waals surface area contributed by atoms with Gasteiger partial charge in [0.15, 0.2) is 10.1 Å². The third-order valence-electron chi connectivity index (χ3n) is 4.46. The first-order chi connectivity index (χ1) is 14.9. The molecule has 0 unspecified atom stereocenters. The zero-order chi connectivity index (χ0) is 22.0. The maximum atomic E-state index is 13.8. The van der Waals surface area contributed by atoms with Crippen LogP contribution in [-0.4, -0.2) is 10.2 Å². The summed E-state index contributed by atoms with van der Waals surface area (Å²) < 4.78 is 20.6. The number of thioether (sulfide) groups is 1. The second-order valence-corrected chi connectivity index (χ2v) is 9.48. The molecule has 3 nitrogen and oxygen atoms in total. The first kappa shape index (κ1) is 22.0.